The molecule has 1 aromatic rings. The molecule has 0 fully saturated rings. The van der Waals surface area contributed by atoms with Crippen molar-refractivity contribution in [1.82, 2.24) is 4.67 Å². The predicted molar refractivity (Wildman–Crippen MR) is 79.1 cm³/mol. The molecule has 0 radical (unpaired) electrons. The molecule has 0 spiro atoms. The molecule has 1 aliphatic heterocycles. The average molecular weight is 355 g/mol. The van der Waals surface area contributed by atoms with E-state index in [0.29, 0.717) is 5.56 Å². The second-order valence-corrected chi connectivity index (χ2v) is 6.91. The topological polar surface area (TPSA) is 81.9 Å². The van der Waals surface area contributed by atoms with Crippen LogP contribution < -0.4 is 4.52 Å². The Kier molecular flexibility index (Phi) is 5.46. The van der Waals surface area contributed by atoms with E-state index in [4.69, 9.17) is 32.2 Å². The van der Waals surface area contributed by atoms with Crippen LogP contribution in [-0.2, 0) is 15.7 Å². The standard InChI is InChI=1S/C11H13Cl2N2O5P/c12-3-5-14(6-4-13)21(18)19-8-9-1-2-10(15(16)17)7-11(9)20-21/h1-2,7H,3-6,8H2. The van der Waals surface area contributed by atoms with Crippen molar-refractivity contribution >= 4 is 36.6 Å². The van der Waals surface area contributed by atoms with Crippen molar-refractivity contribution < 1.29 is 18.5 Å². The number of benzene rings is 1. The zero-order valence-corrected chi connectivity index (χ0v) is 13.3. The molecule has 10 heteroatoms. The Morgan fingerprint density at radius 1 is 1.33 bits per heavy atom. The van der Waals surface area contributed by atoms with Gasteiger partial charge in [0.25, 0.3) is 5.69 Å². The van der Waals surface area contributed by atoms with Crippen molar-refractivity contribution in [2.24, 2.45) is 0 Å². The number of nitrogens with zero attached hydrogens (tertiary/aromatic N) is 2. The van der Waals surface area contributed by atoms with Crippen LogP contribution >= 0.6 is 30.9 Å². The monoisotopic (exact) mass is 354 g/mol. The van der Waals surface area contributed by atoms with Crippen LogP contribution in [-0.4, -0.2) is 34.4 Å². The van der Waals surface area contributed by atoms with E-state index in [1.807, 2.05) is 0 Å². The number of rotatable bonds is 6. The highest BCUT2D eigenvalue weighted by atomic mass is 35.5. The van der Waals surface area contributed by atoms with Gasteiger partial charge in [-0.15, -0.1) is 23.2 Å². The maximum absolute atomic E-state index is 12.8. The highest BCUT2D eigenvalue weighted by Gasteiger charge is 2.39. The van der Waals surface area contributed by atoms with Gasteiger partial charge < -0.3 is 4.52 Å². The Bertz CT molecular complexity index is 580. The summed E-state index contributed by atoms with van der Waals surface area (Å²) in [6.07, 6.45) is 0. The van der Waals surface area contributed by atoms with Gasteiger partial charge in [0.2, 0.25) is 0 Å². The summed E-state index contributed by atoms with van der Waals surface area (Å²) in [5.41, 5.74) is 0.465. The number of hydrogen-bond acceptors (Lipinski definition) is 5. The lowest BCUT2D eigenvalue weighted by molar-refractivity contribution is -0.384. The Hall–Kier alpha value is -0.850. The predicted octanol–water partition coefficient (Wildman–Crippen LogP) is 3.39. The van der Waals surface area contributed by atoms with E-state index in [1.54, 1.807) is 0 Å². The summed E-state index contributed by atoms with van der Waals surface area (Å²) in [7, 11) is -3.60. The molecule has 2 rings (SSSR count). The lowest BCUT2D eigenvalue weighted by Gasteiger charge is -2.32. The molecular weight excluding hydrogens is 342 g/mol. The van der Waals surface area contributed by atoms with Gasteiger partial charge in [0.15, 0.2) is 0 Å². The zero-order chi connectivity index (χ0) is 15.5. The lowest BCUT2D eigenvalue weighted by atomic mass is 10.2. The van der Waals surface area contributed by atoms with Gasteiger partial charge >= 0.3 is 7.75 Å². The molecule has 0 saturated heterocycles. The summed E-state index contributed by atoms with van der Waals surface area (Å²) in [6, 6.07) is 4.10. The maximum Gasteiger partial charge on any atom is 0.461 e. The van der Waals surface area contributed by atoms with E-state index in [-0.39, 0.29) is 42.9 Å². The van der Waals surface area contributed by atoms with Crippen LogP contribution in [0.15, 0.2) is 18.2 Å². The molecule has 1 aromatic carbocycles. The smallest absolute Gasteiger partial charge is 0.412 e. The van der Waals surface area contributed by atoms with Gasteiger partial charge in [0, 0.05) is 36.5 Å². The molecule has 0 aliphatic carbocycles. The van der Waals surface area contributed by atoms with Gasteiger partial charge in [-0.05, 0) is 6.07 Å². The molecule has 0 bridgehead atoms. The first-order chi connectivity index (χ1) is 10.00. The Balaban J connectivity index is 2.29. The quantitative estimate of drug-likeness (QED) is 0.337. The molecule has 0 N–H and O–H groups in total. The van der Waals surface area contributed by atoms with E-state index >= 15 is 0 Å². The summed E-state index contributed by atoms with van der Waals surface area (Å²) in [5, 5.41) is 10.8. The van der Waals surface area contributed by atoms with Crippen LogP contribution in [0.2, 0.25) is 0 Å². The SMILES string of the molecule is O=[N+]([O-])c1ccc2c(c1)OP(=O)(N(CCCl)CCCl)OC2. The normalized spacial score (nSPS) is 20.9. The number of non-ortho nitro benzene ring substituents is 1. The van der Waals surface area contributed by atoms with Crippen molar-refractivity contribution in [1.29, 1.82) is 0 Å². The Morgan fingerprint density at radius 2 is 2.00 bits per heavy atom. The second-order valence-electron chi connectivity index (χ2n) is 4.21. The van der Waals surface area contributed by atoms with E-state index in [1.165, 1.54) is 22.9 Å². The van der Waals surface area contributed by atoms with Crippen LogP contribution in [0.4, 0.5) is 5.69 Å². The van der Waals surface area contributed by atoms with Gasteiger partial charge in [-0.2, -0.15) is 4.67 Å². The first-order valence-electron chi connectivity index (χ1n) is 6.09. The number of halogens is 2. The number of hydrogen-bond donors (Lipinski definition) is 0. The van der Waals surface area contributed by atoms with Gasteiger partial charge in [0.05, 0.1) is 17.6 Å². The van der Waals surface area contributed by atoms with E-state index in [2.05, 4.69) is 0 Å². The van der Waals surface area contributed by atoms with E-state index in [0.717, 1.165) is 0 Å². The second kappa shape index (κ2) is 6.94. The Morgan fingerprint density at radius 3 is 2.57 bits per heavy atom. The van der Waals surface area contributed by atoms with Crippen molar-refractivity contribution in [2.45, 2.75) is 6.61 Å². The molecular formula is C11H13Cl2N2O5P. The number of fused-ring (bicyclic) bond motifs is 1. The largest absolute Gasteiger partial charge is 0.461 e. The zero-order valence-electron chi connectivity index (χ0n) is 10.9. The first kappa shape index (κ1) is 16.5. The molecule has 1 heterocycles. The first-order valence-corrected chi connectivity index (χ1v) is 8.65. The van der Waals surface area contributed by atoms with Gasteiger partial charge in [-0.3, -0.25) is 14.6 Å². The summed E-state index contributed by atoms with van der Waals surface area (Å²) >= 11 is 11.3. The molecule has 0 aromatic heterocycles. The van der Waals surface area contributed by atoms with Crippen molar-refractivity contribution in [3.05, 3.63) is 33.9 Å². The fraction of sp³-hybridized carbons (Fsp3) is 0.455. The van der Waals surface area contributed by atoms with E-state index < -0.39 is 12.7 Å². The molecule has 7 nitrogen and oxygen atoms in total. The highest BCUT2D eigenvalue weighted by molar-refractivity contribution is 7.51. The molecule has 1 aliphatic rings. The molecule has 1 unspecified atom stereocenters. The minimum atomic E-state index is -3.60. The summed E-state index contributed by atoms with van der Waals surface area (Å²) in [5.74, 6) is 0.651. The molecule has 0 saturated carbocycles. The third-order valence-electron chi connectivity index (χ3n) is 2.89. The fourth-order valence-electron chi connectivity index (χ4n) is 1.85. The Labute approximate surface area is 131 Å². The summed E-state index contributed by atoms with van der Waals surface area (Å²) in [4.78, 5) is 10.2. The van der Waals surface area contributed by atoms with Crippen molar-refractivity contribution in [2.75, 3.05) is 24.8 Å². The van der Waals surface area contributed by atoms with Gasteiger partial charge in [-0.25, -0.2) is 4.57 Å². The van der Waals surface area contributed by atoms with Crippen LogP contribution in [0.25, 0.3) is 0 Å². The lowest BCUT2D eigenvalue weighted by Crippen LogP contribution is -2.29. The van der Waals surface area contributed by atoms with Crippen molar-refractivity contribution in [3.63, 3.8) is 0 Å². The summed E-state index contributed by atoms with van der Waals surface area (Å²) < 4.78 is 24.9. The van der Waals surface area contributed by atoms with Crippen LogP contribution in [0.1, 0.15) is 5.56 Å². The molecule has 1 atom stereocenters. The van der Waals surface area contributed by atoms with Crippen molar-refractivity contribution in [3.8, 4) is 5.75 Å². The fourth-order valence-corrected chi connectivity index (χ4v) is 4.24. The molecule has 21 heavy (non-hydrogen) atoms. The third-order valence-corrected chi connectivity index (χ3v) is 5.20. The molecule has 116 valence electrons. The van der Waals surface area contributed by atoms with Crippen LogP contribution in [0, 0.1) is 10.1 Å². The van der Waals surface area contributed by atoms with E-state index in [9.17, 15) is 14.7 Å². The number of alkyl halides is 2. The highest BCUT2D eigenvalue weighted by Crippen LogP contribution is 2.56. The number of nitro benzene ring substituents is 1. The maximum atomic E-state index is 12.8. The van der Waals surface area contributed by atoms with Crippen LogP contribution in [0.5, 0.6) is 5.75 Å². The minimum absolute atomic E-state index is 0.0473. The summed E-state index contributed by atoms with van der Waals surface area (Å²) in [6.45, 7) is 0.595. The van der Waals surface area contributed by atoms with Gasteiger partial charge in [0.1, 0.15) is 5.75 Å². The third kappa shape index (κ3) is 3.67. The minimum Gasteiger partial charge on any atom is -0.412 e. The molecule has 0 amide bonds. The van der Waals surface area contributed by atoms with Crippen LogP contribution in [0.3, 0.4) is 0 Å². The number of nitro groups is 1. The van der Waals surface area contributed by atoms with Gasteiger partial charge in [-0.1, -0.05) is 0 Å². The average Bonchev–Trinajstić information content (AvgIpc) is 2.46.